The molecule has 4 unspecified atom stereocenters. The van der Waals surface area contributed by atoms with Gasteiger partial charge in [0.1, 0.15) is 11.7 Å². The number of aliphatic imine (C=N–C) groups is 2. The zero-order valence-corrected chi connectivity index (χ0v) is 24.3. The van der Waals surface area contributed by atoms with Gasteiger partial charge in [0.15, 0.2) is 6.17 Å². The maximum Gasteiger partial charge on any atom is 0.169 e. The lowest BCUT2D eigenvalue weighted by Crippen LogP contribution is -2.41. The Balaban J connectivity index is 1.32. The van der Waals surface area contributed by atoms with Crippen LogP contribution in [-0.4, -0.2) is 17.8 Å². The Morgan fingerprint density at radius 1 is 0.878 bits per heavy atom. The second-order valence-corrected chi connectivity index (χ2v) is 11.8. The van der Waals surface area contributed by atoms with Crippen LogP contribution in [0, 0.1) is 11.8 Å². The minimum atomic E-state index is -0.259. The SMILES string of the molecule is C=C(C)c1cccc(-c2cccc(C3C=C(C4N=C(C5=CCC(C)C=C5)NC(C5C=CC(C)=CC5)=N4)C=CC3)c2)c1. The number of hydrogen-bond acceptors (Lipinski definition) is 3. The minimum absolute atomic E-state index is 0.231. The highest BCUT2D eigenvalue weighted by atomic mass is 15.2. The fourth-order valence-corrected chi connectivity index (χ4v) is 5.81. The molecule has 0 aromatic heterocycles. The van der Waals surface area contributed by atoms with Crippen molar-refractivity contribution in [2.45, 2.75) is 52.1 Å². The molecule has 3 heteroatoms. The topological polar surface area (TPSA) is 36.8 Å². The summed E-state index contributed by atoms with van der Waals surface area (Å²) in [4.78, 5) is 10.4. The van der Waals surface area contributed by atoms with Gasteiger partial charge >= 0.3 is 0 Å². The van der Waals surface area contributed by atoms with E-state index >= 15 is 0 Å². The van der Waals surface area contributed by atoms with Crippen molar-refractivity contribution >= 4 is 17.2 Å². The van der Waals surface area contributed by atoms with E-state index in [9.17, 15) is 0 Å². The van der Waals surface area contributed by atoms with Crippen molar-refractivity contribution < 1.29 is 0 Å². The third-order valence-electron chi connectivity index (χ3n) is 8.38. The normalized spacial score (nSPS) is 25.4. The summed E-state index contributed by atoms with van der Waals surface area (Å²) in [7, 11) is 0. The summed E-state index contributed by atoms with van der Waals surface area (Å²) in [6.07, 6.45) is 23.2. The fraction of sp³-hybridized carbons (Fsp3) is 0.263. The van der Waals surface area contributed by atoms with Crippen molar-refractivity contribution in [3.05, 3.63) is 138 Å². The van der Waals surface area contributed by atoms with E-state index in [2.05, 4.69) is 136 Å². The van der Waals surface area contributed by atoms with Gasteiger partial charge in [-0.15, -0.1) is 0 Å². The van der Waals surface area contributed by atoms with Gasteiger partial charge in [-0.3, -0.25) is 0 Å². The summed E-state index contributed by atoms with van der Waals surface area (Å²) in [5.41, 5.74) is 9.66. The Kier molecular flexibility index (Phi) is 7.69. The van der Waals surface area contributed by atoms with Crippen LogP contribution in [0.25, 0.3) is 16.7 Å². The summed E-state index contributed by atoms with van der Waals surface area (Å²) in [6, 6.07) is 17.6. The van der Waals surface area contributed by atoms with E-state index in [0.29, 0.717) is 5.92 Å². The molecule has 3 nitrogen and oxygen atoms in total. The van der Waals surface area contributed by atoms with Crippen LogP contribution in [0.1, 0.15) is 57.1 Å². The van der Waals surface area contributed by atoms with Gasteiger partial charge in [-0.25, -0.2) is 9.98 Å². The quantitative estimate of drug-likeness (QED) is 0.392. The first-order chi connectivity index (χ1) is 19.9. The lowest BCUT2D eigenvalue weighted by atomic mass is 9.87. The molecule has 4 aliphatic rings. The Morgan fingerprint density at radius 3 is 2.46 bits per heavy atom. The molecule has 0 spiro atoms. The van der Waals surface area contributed by atoms with Crippen LogP contribution >= 0.6 is 0 Å². The number of rotatable bonds is 6. The van der Waals surface area contributed by atoms with Gasteiger partial charge in [0, 0.05) is 17.4 Å². The number of amidine groups is 2. The smallest absolute Gasteiger partial charge is 0.169 e. The number of nitrogens with one attached hydrogen (secondary N) is 1. The molecule has 1 N–H and O–H groups in total. The molecule has 41 heavy (non-hydrogen) atoms. The summed E-state index contributed by atoms with van der Waals surface area (Å²) in [5, 5.41) is 3.62. The third-order valence-corrected chi connectivity index (χ3v) is 8.38. The molecule has 0 bridgehead atoms. The Bertz CT molecular complexity index is 1600. The van der Waals surface area contributed by atoms with Crippen LogP contribution in [0.15, 0.2) is 136 Å². The Morgan fingerprint density at radius 2 is 1.71 bits per heavy atom. The van der Waals surface area contributed by atoms with Crippen LogP contribution in [0.4, 0.5) is 0 Å². The summed E-state index contributed by atoms with van der Waals surface area (Å²) in [6.45, 7) is 10.6. The van der Waals surface area contributed by atoms with Crippen molar-refractivity contribution in [1.29, 1.82) is 0 Å². The standard InChI is InChI=1S/C38H39N3/c1-25(2)30-8-5-9-31(22-30)32-10-6-11-33(23-32)34-12-7-13-35(24-34)38-40-36(28-18-14-26(3)15-19-28)39-37(41-38)29-20-16-27(4)17-21-29/h5-11,13-16,18,20-24,27-28,34,38H,1,12,17,19H2,2-4H3,(H,39,40,41). The average molecular weight is 538 g/mol. The summed E-state index contributed by atoms with van der Waals surface area (Å²) >= 11 is 0. The molecule has 0 fully saturated rings. The van der Waals surface area contributed by atoms with E-state index in [4.69, 9.17) is 9.98 Å². The lowest BCUT2D eigenvalue weighted by Gasteiger charge is -2.29. The van der Waals surface area contributed by atoms with Crippen molar-refractivity contribution in [1.82, 2.24) is 5.32 Å². The van der Waals surface area contributed by atoms with E-state index in [0.717, 1.165) is 47.7 Å². The minimum Gasteiger partial charge on any atom is -0.328 e. The first-order valence-electron chi connectivity index (χ1n) is 14.8. The number of benzene rings is 2. The number of nitrogens with zero attached hydrogens (tertiary/aromatic N) is 2. The van der Waals surface area contributed by atoms with E-state index in [1.54, 1.807) is 0 Å². The van der Waals surface area contributed by atoms with Crippen LogP contribution in [0.5, 0.6) is 0 Å². The van der Waals surface area contributed by atoms with E-state index < -0.39 is 0 Å². The molecule has 6 rings (SSSR count). The maximum atomic E-state index is 5.19. The molecule has 0 amide bonds. The van der Waals surface area contributed by atoms with Gasteiger partial charge < -0.3 is 5.32 Å². The van der Waals surface area contributed by atoms with Crippen LogP contribution in [-0.2, 0) is 0 Å². The zero-order valence-electron chi connectivity index (χ0n) is 24.3. The molecule has 0 saturated heterocycles. The first-order valence-corrected chi connectivity index (χ1v) is 14.8. The Labute approximate surface area is 244 Å². The number of allylic oxidation sites excluding steroid dienone is 8. The second-order valence-electron chi connectivity index (χ2n) is 11.8. The van der Waals surface area contributed by atoms with Crippen molar-refractivity contribution in [3.63, 3.8) is 0 Å². The molecular formula is C38H39N3. The highest BCUT2D eigenvalue weighted by Crippen LogP contribution is 2.34. The molecule has 4 atom stereocenters. The van der Waals surface area contributed by atoms with Gasteiger partial charge in [-0.2, -0.15) is 0 Å². The highest BCUT2D eigenvalue weighted by Gasteiger charge is 2.27. The largest absolute Gasteiger partial charge is 0.328 e. The van der Waals surface area contributed by atoms with E-state index in [1.165, 1.54) is 27.8 Å². The predicted octanol–water partition coefficient (Wildman–Crippen LogP) is 9.13. The van der Waals surface area contributed by atoms with Gasteiger partial charge in [-0.1, -0.05) is 122 Å². The summed E-state index contributed by atoms with van der Waals surface area (Å²) in [5.74, 6) is 3.00. The average Bonchev–Trinajstić information content (AvgIpc) is 3.02. The molecule has 1 aliphatic heterocycles. The van der Waals surface area contributed by atoms with E-state index in [1.807, 2.05) is 0 Å². The fourth-order valence-electron chi connectivity index (χ4n) is 5.81. The van der Waals surface area contributed by atoms with Gasteiger partial charge in [0.25, 0.3) is 0 Å². The van der Waals surface area contributed by atoms with E-state index in [-0.39, 0.29) is 18.0 Å². The van der Waals surface area contributed by atoms with Crippen LogP contribution < -0.4 is 5.32 Å². The molecule has 1 heterocycles. The van der Waals surface area contributed by atoms with Crippen LogP contribution in [0.3, 0.4) is 0 Å². The third kappa shape index (κ3) is 6.10. The molecule has 3 aliphatic carbocycles. The van der Waals surface area contributed by atoms with Gasteiger partial charge in [0.05, 0.1) is 0 Å². The van der Waals surface area contributed by atoms with Crippen molar-refractivity contribution in [2.24, 2.45) is 21.8 Å². The highest BCUT2D eigenvalue weighted by molar-refractivity contribution is 6.13. The molecule has 0 radical (unpaired) electrons. The Hall–Kier alpha value is -4.24. The van der Waals surface area contributed by atoms with Gasteiger partial charge in [0.2, 0.25) is 0 Å². The molecular weight excluding hydrogens is 498 g/mol. The molecule has 206 valence electrons. The van der Waals surface area contributed by atoms with Crippen LogP contribution in [0.2, 0.25) is 0 Å². The second kappa shape index (κ2) is 11.7. The summed E-state index contributed by atoms with van der Waals surface area (Å²) < 4.78 is 0. The number of hydrogen-bond donors (Lipinski definition) is 1. The van der Waals surface area contributed by atoms with Gasteiger partial charge in [-0.05, 0) is 72.9 Å². The van der Waals surface area contributed by atoms with Crippen molar-refractivity contribution in [3.8, 4) is 11.1 Å². The monoisotopic (exact) mass is 537 g/mol. The molecule has 2 aromatic rings. The zero-order chi connectivity index (χ0) is 28.3. The molecule has 0 saturated carbocycles. The first kappa shape index (κ1) is 27.0. The maximum absolute atomic E-state index is 5.19. The van der Waals surface area contributed by atoms with Crippen molar-refractivity contribution in [2.75, 3.05) is 0 Å². The predicted molar refractivity (Wildman–Crippen MR) is 175 cm³/mol. The lowest BCUT2D eigenvalue weighted by molar-refractivity contribution is 0.726. The molecule has 2 aromatic carbocycles.